The standard InChI is InChI=1S/C13H26N2OS/c1-3-13(4-2)11-15(8-7-14-13)12-5-9-17(16)10-6-12/h12,14H,3-11H2,1-2H3. The van der Waals surface area contributed by atoms with Gasteiger partial charge in [-0.15, -0.1) is 0 Å². The van der Waals surface area contributed by atoms with E-state index in [9.17, 15) is 4.21 Å². The van der Waals surface area contributed by atoms with Crippen LogP contribution >= 0.6 is 0 Å². The highest BCUT2D eigenvalue weighted by Gasteiger charge is 2.35. The van der Waals surface area contributed by atoms with E-state index in [-0.39, 0.29) is 0 Å². The number of nitrogens with zero attached hydrogens (tertiary/aromatic N) is 1. The second-order valence-corrected chi connectivity index (χ2v) is 7.16. The third-order valence-corrected chi connectivity index (χ3v) is 6.01. The van der Waals surface area contributed by atoms with E-state index in [0.29, 0.717) is 11.6 Å². The van der Waals surface area contributed by atoms with Crippen molar-refractivity contribution in [3.63, 3.8) is 0 Å². The maximum atomic E-state index is 11.4. The Hall–Kier alpha value is 0.0700. The normalized spacial score (nSPS) is 34.7. The zero-order valence-corrected chi connectivity index (χ0v) is 12.0. The van der Waals surface area contributed by atoms with Gasteiger partial charge in [0.25, 0.3) is 0 Å². The van der Waals surface area contributed by atoms with E-state index >= 15 is 0 Å². The SMILES string of the molecule is CCC1(CC)CN(C2CCS(=O)CC2)CCN1. The van der Waals surface area contributed by atoms with Crippen LogP contribution in [-0.4, -0.2) is 51.8 Å². The molecular weight excluding hydrogens is 232 g/mol. The van der Waals surface area contributed by atoms with Crippen molar-refractivity contribution in [2.24, 2.45) is 0 Å². The van der Waals surface area contributed by atoms with Crippen LogP contribution in [0.15, 0.2) is 0 Å². The summed E-state index contributed by atoms with van der Waals surface area (Å²) < 4.78 is 11.4. The first kappa shape index (κ1) is 13.5. The van der Waals surface area contributed by atoms with E-state index in [1.165, 1.54) is 25.9 Å². The van der Waals surface area contributed by atoms with E-state index in [1.54, 1.807) is 0 Å². The van der Waals surface area contributed by atoms with Crippen molar-refractivity contribution >= 4 is 10.8 Å². The quantitative estimate of drug-likeness (QED) is 0.829. The Bertz CT molecular complexity index is 269. The third-order valence-electron chi connectivity index (χ3n) is 4.63. The van der Waals surface area contributed by atoms with E-state index in [2.05, 4.69) is 24.1 Å². The van der Waals surface area contributed by atoms with Gasteiger partial charge < -0.3 is 5.32 Å². The lowest BCUT2D eigenvalue weighted by Gasteiger charge is -2.46. The average molecular weight is 258 g/mol. The summed E-state index contributed by atoms with van der Waals surface area (Å²) in [6.45, 7) is 8.03. The molecule has 0 aromatic rings. The van der Waals surface area contributed by atoms with Gasteiger partial charge in [-0.2, -0.15) is 0 Å². The highest BCUT2D eigenvalue weighted by molar-refractivity contribution is 7.85. The van der Waals surface area contributed by atoms with Gasteiger partial charge in [0.05, 0.1) is 0 Å². The first-order chi connectivity index (χ1) is 8.19. The Morgan fingerprint density at radius 2 is 1.94 bits per heavy atom. The van der Waals surface area contributed by atoms with Crippen LogP contribution < -0.4 is 5.32 Å². The van der Waals surface area contributed by atoms with E-state index < -0.39 is 10.8 Å². The zero-order chi connectivity index (χ0) is 12.3. The molecule has 0 unspecified atom stereocenters. The first-order valence-corrected chi connectivity index (χ1v) is 8.52. The smallest absolute Gasteiger partial charge is 0.0304 e. The number of piperazine rings is 1. The number of nitrogens with one attached hydrogen (secondary N) is 1. The second-order valence-electron chi connectivity index (χ2n) is 5.46. The predicted molar refractivity (Wildman–Crippen MR) is 73.8 cm³/mol. The summed E-state index contributed by atoms with van der Waals surface area (Å²) in [6, 6.07) is 0.687. The van der Waals surface area contributed by atoms with Crippen LogP contribution in [0.1, 0.15) is 39.5 Å². The van der Waals surface area contributed by atoms with Crippen LogP contribution in [0.4, 0.5) is 0 Å². The zero-order valence-electron chi connectivity index (χ0n) is 11.2. The lowest BCUT2D eigenvalue weighted by atomic mass is 9.89. The molecule has 2 rings (SSSR count). The molecule has 2 fully saturated rings. The summed E-state index contributed by atoms with van der Waals surface area (Å²) >= 11 is 0. The molecule has 0 aliphatic carbocycles. The fourth-order valence-corrected chi connectivity index (χ4v) is 4.44. The van der Waals surface area contributed by atoms with Crippen molar-refractivity contribution in [1.82, 2.24) is 10.2 Å². The van der Waals surface area contributed by atoms with Crippen LogP contribution in [0.25, 0.3) is 0 Å². The molecule has 3 nitrogen and oxygen atoms in total. The number of hydrogen-bond acceptors (Lipinski definition) is 3. The molecule has 2 aliphatic rings. The summed E-state index contributed by atoms with van der Waals surface area (Å²) in [5.41, 5.74) is 0.328. The molecule has 4 heteroatoms. The van der Waals surface area contributed by atoms with Gasteiger partial charge in [0, 0.05) is 53.5 Å². The topological polar surface area (TPSA) is 32.3 Å². The molecule has 17 heavy (non-hydrogen) atoms. The lowest BCUT2D eigenvalue weighted by Crippen LogP contribution is -2.62. The van der Waals surface area contributed by atoms with Crippen LogP contribution in [0.3, 0.4) is 0 Å². The van der Waals surface area contributed by atoms with Crippen molar-refractivity contribution in [3.8, 4) is 0 Å². The molecule has 0 bridgehead atoms. The summed E-state index contributed by atoms with van der Waals surface area (Å²) in [5.74, 6) is 1.83. The van der Waals surface area contributed by atoms with Gasteiger partial charge in [-0.05, 0) is 25.7 Å². The Kier molecular flexibility index (Phi) is 4.61. The molecule has 0 saturated carbocycles. The molecular formula is C13H26N2OS. The fourth-order valence-electron chi connectivity index (χ4n) is 3.17. The second kappa shape index (κ2) is 5.81. The Morgan fingerprint density at radius 3 is 2.53 bits per heavy atom. The highest BCUT2D eigenvalue weighted by atomic mass is 32.2. The summed E-state index contributed by atoms with van der Waals surface area (Å²) in [5, 5.41) is 3.71. The summed E-state index contributed by atoms with van der Waals surface area (Å²) in [6.07, 6.45) is 4.68. The molecule has 2 heterocycles. The van der Waals surface area contributed by atoms with Crippen LogP contribution in [0, 0.1) is 0 Å². The van der Waals surface area contributed by atoms with Crippen molar-refractivity contribution in [2.75, 3.05) is 31.1 Å². The van der Waals surface area contributed by atoms with E-state index in [4.69, 9.17) is 0 Å². The monoisotopic (exact) mass is 258 g/mol. The lowest BCUT2D eigenvalue weighted by molar-refractivity contribution is 0.0813. The Morgan fingerprint density at radius 1 is 1.29 bits per heavy atom. The molecule has 0 amide bonds. The largest absolute Gasteiger partial charge is 0.309 e. The molecule has 0 aromatic carbocycles. The average Bonchev–Trinajstić information content (AvgIpc) is 2.39. The maximum absolute atomic E-state index is 11.4. The molecule has 100 valence electrons. The number of hydrogen-bond donors (Lipinski definition) is 1. The molecule has 2 saturated heterocycles. The van der Waals surface area contributed by atoms with Gasteiger partial charge in [-0.25, -0.2) is 0 Å². The van der Waals surface area contributed by atoms with Gasteiger partial charge in [0.1, 0.15) is 0 Å². The van der Waals surface area contributed by atoms with Crippen LogP contribution in [0.5, 0.6) is 0 Å². The maximum Gasteiger partial charge on any atom is 0.0304 e. The predicted octanol–water partition coefficient (Wildman–Crippen LogP) is 1.36. The van der Waals surface area contributed by atoms with Crippen molar-refractivity contribution in [3.05, 3.63) is 0 Å². The van der Waals surface area contributed by atoms with Gasteiger partial charge >= 0.3 is 0 Å². The van der Waals surface area contributed by atoms with Gasteiger partial charge in [0.15, 0.2) is 0 Å². The first-order valence-electron chi connectivity index (χ1n) is 7.03. The van der Waals surface area contributed by atoms with Crippen molar-refractivity contribution in [2.45, 2.75) is 51.1 Å². The molecule has 0 radical (unpaired) electrons. The molecule has 0 spiro atoms. The fraction of sp³-hybridized carbons (Fsp3) is 1.00. The Balaban J connectivity index is 1.95. The van der Waals surface area contributed by atoms with Gasteiger partial charge in [-0.3, -0.25) is 9.11 Å². The molecule has 0 aromatic heterocycles. The summed E-state index contributed by atoms with van der Waals surface area (Å²) in [7, 11) is -0.530. The minimum Gasteiger partial charge on any atom is -0.309 e. The minimum atomic E-state index is -0.530. The molecule has 2 aliphatic heterocycles. The van der Waals surface area contributed by atoms with E-state index in [1.807, 2.05) is 0 Å². The highest BCUT2D eigenvalue weighted by Crippen LogP contribution is 2.24. The Labute approximate surface area is 108 Å². The van der Waals surface area contributed by atoms with E-state index in [0.717, 1.165) is 30.9 Å². The molecule has 1 N–H and O–H groups in total. The molecule has 0 atom stereocenters. The number of rotatable bonds is 3. The third kappa shape index (κ3) is 3.09. The summed E-state index contributed by atoms with van der Waals surface area (Å²) in [4.78, 5) is 2.65. The van der Waals surface area contributed by atoms with Crippen molar-refractivity contribution in [1.29, 1.82) is 0 Å². The van der Waals surface area contributed by atoms with Crippen molar-refractivity contribution < 1.29 is 4.21 Å². The van der Waals surface area contributed by atoms with Gasteiger partial charge in [0.2, 0.25) is 0 Å². The van der Waals surface area contributed by atoms with Crippen LogP contribution in [0.2, 0.25) is 0 Å². The minimum absolute atomic E-state index is 0.328. The van der Waals surface area contributed by atoms with Gasteiger partial charge in [-0.1, -0.05) is 13.8 Å². The van der Waals surface area contributed by atoms with Crippen LogP contribution in [-0.2, 0) is 10.8 Å².